The number of phenols is 1. The molecule has 1 heterocycles. The normalized spacial score (nSPS) is 18.7. The molecule has 0 spiro atoms. The summed E-state index contributed by atoms with van der Waals surface area (Å²) in [4.78, 5) is 17.2. The fourth-order valence-corrected chi connectivity index (χ4v) is 3.93. The SMILES string of the molecule is Cc1ccc(C(NC(=O)CN2CCN(c3ccc(O)cc3)CC2)C2CC2)cc1. The average Bonchev–Trinajstić information content (AvgIpc) is 3.53. The maximum atomic E-state index is 12.7. The van der Waals surface area contributed by atoms with Crippen LogP contribution in [0.5, 0.6) is 5.75 Å². The summed E-state index contributed by atoms with van der Waals surface area (Å²) in [5.74, 6) is 0.992. The first-order valence-corrected chi connectivity index (χ1v) is 10.2. The molecule has 0 bridgehead atoms. The van der Waals surface area contributed by atoms with Gasteiger partial charge in [-0.15, -0.1) is 0 Å². The van der Waals surface area contributed by atoms with Crippen LogP contribution in [0.15, 0.2) is 48.5 Å². The molecule has 0 radical (unpaired) electrons. The Labute approximate surface area is 167 Å². The van der Waals surface area contributed by atoms with Gasteiger partial charge in [-0.1, -0.05) is 29.8 Å². The molecular formula is C23H29N3O2. The lowest BCUT2D eigenvalue weighted by atomic mass is 10.0. The minimum Gasteiger partial charge on any atom is -0.508 e. The second kappa shape index (κ2) is 8.23. The van der Waals surface area contributed by atoms with Crippen LogP contribution in [0.4, 0.5) is 5.69 Å². The van der Waals surface area contributed by atoms with Gasteiger partial charge in [0.05, 0.1) is 12.6 Å². The maximum Gasteiger partial charge on any atom is 0.234 e. The van der Waals surface area contributed by atoms with E-state index in [1.165, 1.54) is 24.0 Å². The van der Waals surface area contributed by atoms with E-state index < -0.39 is 0 Å². The predicted molar refractivity (Wildman–Crippen MR) is 112 cm³/mol. The smallest absolute Gasteiger partial charge is 0.234 e. The first-order valence-electron chi connectivity index (χ1n) is 10.2. The number of aromatic hydroxyl groups is 1. The molecule has 148 valence electrons. The summed E-state index contributed by atoms with van der Waals surface area (Å²) in [6.07, 6.45) is 2.40. The number of hydrogen-bond donors (Lipinski definition) is 2. The van der Waals surface area contributed by atoms with E-state index in [2.05, 4.69) is 46.3 Å². The van der Waals surface area contributed by atoms with Crippen LogP contribution in [-0.2, 0) is 4.79 Å². The zero-order valence-electron chi connectivity index (χ0n) is 16.5. The molecule has 1 saturated heterocycles. The summed E-state index contributed by atoms with van der Waals surface area (Å²) in [6.45, 7) is 6.06. The fraction of sp³-hybridized carbons (Fsp3) is 0.435. The number of carbonyl (C=O) groups is 1. The number of phenolic OH excluding ortho intramolecular Hbond substituents is 1. The molecule has 1 saturated carbocycles. The molecule has 2 fully saturated rings. The van der Waals surface area contributed by atoms with Gasteiger partial charge in [0.2, 0.25) is 5.91 Å². The highest BCUT2D eigenvalue weighted by molar-refractivity contribution is 5.78. The Hall–Kier alpha value is -2.53. The Balaban J connectivity index is 1.29. The van der Waals surface area contributed by atoms with Crippen LogP contribution in [-0.4, -0.2) is 48.6 Å². The maximum absolute atomic E-state index is 12.7. The van der Waals surface area contributed by atoms with Crippen molar-refractivity contribution in [2.24, 2.45) is 5.92 Å². The van der Waals surface area contributed by atoms with Crippen LogP contribution in [0.25, 0.3) is 0 Å². The summed E-state index contributed by atoms with van der Waals surface area (Å²) in [7, 11) is 0. The zero-order chi connectivity index (χ0) is 19.5. The van der Waals surface area contributed by atoms with Gasteiger partial charge in [-0.3, -0.25) is 9.69 Å². The van der Waals surface area contributed by atoms with Crippen LogP contribution in [0.1, 0.15) is 30.0 Å². The third kappa shape index (κ3) is 4.65. The Morgan fingerprint density at radius 3 is 2.29 bits per heavy atom. The third-order valence-electron chi connectivity index (χ3n) is 5.80. The van der Waals surface area contributed by atoms with E-state index in [9.17, 15) is 9.90 Å². The number of hydrogen-bond acceptors (Lipinski definition) is 4. The van der Waals surface area contributed by atoms with E-state index in [4.69, 9.17) is 0 Å². The van der Waals surface area contributed by atoms with Gasteiger partial charge in [0.15, 0.2) is 0 Å². The standard InChI is InChI=1S/C23H29N3O2/c1-17-2-4-18(5-3-17)23(19-6-7-19)24-22(28)16-25-12-14-26(15-13-25)20-8-10-21(27)11-9-20/h2-5,8-11,19,23,27H,6-7,12-16H2,1H3,(H,24,28). The molecule has 0 aromatic heterocycles. The van der Waals surface area contributed by atoms with E-state index in [0.29, 0.717) is 12.5 Å². The van der Waals surface area contributed by atoms with Gasteiger partial charge in [-0.2, -0.15) is 0 Å². The number of aryl methyl sites for hydroxylation is 1. The minimum absolute atomic E-state index is 0.121. The lowest BCUT2D eigenvalue weighted by Crippen LogP contribution is -2.50. The van der Waals surface area contributed by atoms with Crippen molar-refractivity contribution in [2.75, 3.05) is 37.6 Å². The third-order valence-corrected chi connectivity index (χ3v) is 5.80. The van der Waals surface area contributed by atoms with Crippen molar-refractivity contribution >= 4 is 11.6 Å². The largest absolute Gasteiger partial charge is 0.508 e. The molecule has 1 atom stereocenters. The van der Waals surface area contributed by atoms with Crippen LogP contribution < -0.4 is 10.2 Å². The summed E-state index contributed by atoms with van der Waals surface area (Å²) in [5, 5.41) is 12.7. The van der Waals surface area contributed by atoms with Crippen LogP contribution in [0.3, 0.4) is 0 Å². The summed E-state index contributed by atoms with van der Waals surface area (Å²) in [5.41, 5.74) is 3.59. The number of amides is 1. The lowest BCUT2D eigenvalue weighted by Gasteiger charge is -2.36. The second-order valence-corrected chi connectivity index (χ2v) is 8.07. The molecule has 1 aliphatic heterocycles. The highest BCUT2D eigenvalue weighted by atomic mass is 16.3. The van der Waals surface area contributed by atoms with Gasteiger partial charge in [0.25, 0.3) is 0 Å². The number of nitrogens with zero attached hydrogens (tertiary/aromatic N) is 2. The number of anilines is 1. The number of nitrogens with one attached hydrogen (secondary N) is 1. The van der Waals surface area contributed by atoms with Crippen molar-refractivity contribution < 1.29 is 9.90 Å². The molecule has 28 heavy (non-hydrogen) atoms. The molecule has 2 aliphatic rings. The second-order valence-electron chi connectivity index (χ2n) is 8.07. The Bertz CT molecular complexity index is 792. The molecule has 5 heteroatoms. The number of rotatable bonds is 6. The van der Waals surface area contributed by atoms with E-state index in [1.807, 2.05) is 12.1 Å². The van der Waals surface area contributed by atoms with E-state index in [-0.39, 0.29) is 17.7 Å². The van der Waals surface area contributed by atoms with E-state index in [0.717, 1.165) is 31.9 Å². The quantitative estimate of drug-likeness (QED) is 0.810. The number of piperazine rings is 1. The predicted octanol–water partition coefficient (Wildman–Crippen LogP) is 3.09. The Morgan fingerprint density at radius 2 is 1.68 bits per heavy atom. The summed E-state index contributed by atoms with van der Waals surface area (Å²) in [6, 6.07) is 16.0. The molecular weight excluding hydrogens is 350 g/mol. The van der Waals surface area contributed by atoms with Crippen molar-refractivity contribution in [1.82, 2.24) is 10.2 Å². The Kier molecular flexibility index (Phi) is 5.53. The van der Waals surface area contributed by atoms with E-state index >= 15 is 0 Å². The first kappa shape index (κ1) is 18.8. The number of benzene rings is 2. The van der Waals surface area contributed by atoms with Gasteiger partial charge in [0, 0.05) is 31.9 Å². The van der Waals surface area contributed by atoms with Crippen molar-refractivity contribution in [2.45, 2.75) is 25.8 Å². The summed E-state index contributed by atoms with van der Waals surface area (Å²) >= 11 is 0. The molecule has 1 unspecified atom stereocenters. The van der Waals surface area contributed by atoms with Gasteiger partial charge >= 0.3 is 0 Å². The van der Waals surface area contributed by atoms with Crippen molar-refractivity contribution in [3.05, 3.63) is 59.7 Å². The van der Waals surface area contributed by atoms with E-state index in [1.54, 1.807) is 12.1 Å². The molecule has 1 amide bonds. The lowest BCUT2D eigenvalue weighted by molar-refractivity contribution is -0.123. The van der Waals surface area contributed by atoms with Crippen molar-refractivity contribution in [3.63, 3.8) is 0 Å². The zero-order valence-corrected chi connectivity index (χ0v) is 16.5. The van der Waals surface area contributed by atoms with Gasteiger partial charge < -0.3 is 15.3 Å². The van der Waals surface area contributed by atoms with Crippen molar-refractivity contribution in [1.29, 1.82) is 0 Å². The van der Waals surface area contributed by atoms with Gasteiger partial charge in [-0.05, 0) is 55.5 Å². The van der Waals surface area contributed by atoms with Crippen LogP contribution in [0, 0.1) is 12.8 Å². The molecule has 1 aliphatic carbocycles. The Morgan fingerprint density at radius 1 is 1.04 bits per heavy atom. The molecule has 2 aromatic carbocycles. The van der Waals surface area contributed by atoms with Crippen molar-refractivity contribution in [3.8, 4) is 5.75 Å². The van der Waals surface area contributed by atoms with Crippen LogP contribution >= 0.6 is 0 Å². The molecule has 5 nitrogen and oxygen atoms in total. The molecule has 2 aromatic rings. The first-order chi connectivity index (χ1) is 13.6. The van der Waals surface area contributed by atoms with Crippen LogP contribution in [0.2, 0.25) is 0 Å². The highest BCUT2D eigenvalue weighted by Gasteiger charge is 2.33. The number of carbonyl (C=O) groups excluding carboxylic acids is 1. The minimum atomic E-state index is 0.121. The summed E-state index contributed by atoms with van der Waals surface area (Å²) < 4.78 is 0. The topological polar surface area (TPSA) is 55.8 Å². The highest BCUT2D eigenvalue weighted by Crippen LogP contribution is 2.41. The fourth-order valence-electron chi connectivity index (χ4n) is 3.93. The molecule has 4 rings (SSSR count). The van der Waals surface area contributed by atoms with Gasteiger partial charge in [-0.25, -0.2) is 0 Å². The van der Waals surface area contributed by atoms with Gasteiger partial charge in [0.1, 0.15) is 5.75 Å². The average molecular weight is 380 g/mol. The monoisotopic (exact) mass is 379 g/mol. The molecule has 2 N–H and O–H groups in total.